The van der Waals surface area contributed by atoms with Crippen LogP contribution in [-0.2, 0) is 11.2 Å². The van der Waals surface area contributed by atoms with Gasteiger partial charge >= 0.3 is 0 Å². The summed E-state index contributed by atoms with van der Waals surface area (Å²) in [4.78, 5) is 12.0. The third-order valence-corrected chi connectivity index (χ3v) is 4.16. The smallest absolute Gasteiger partial charge is 0.244 e. The highest BCUT2D eigenvalue weighted by molar-refractivity contribution is 9.10. The Labute approximate surface area is 147 Å². The number of amides is 1. The van der Waals surface area contributed by atoms with Crippen molar-refractivity contribution >= 4 is 43.5 Å². The van der Waals surface area contributed by atoms with Crippen molar-refractivity contribution in [1.82, 2.24) is 5.43 Å². The molecule has 0 radical (unpaired) electrons. The maximum absolute atomic E-state index is 12.0. The highest BCUT2D eigenvalue weighted by Gasteiger charge is 2.05. The number of carbonyl (C=O) groups is 1. The second-order valence-electron chi connectivity index (χ2n) is 4.76. The van der Waals surface area contributed by atoms with Gasteiger partial charge in [-0.1, -0.05) is 63.0 Å². The second-order valence-corrected chi connectivity index (χ2v) is 6.59. The van der Waals surface area contributed by atoms with Crippen molar-refractivity contribution in [3.05, 3.63) is 68.6 Å². The number of carbonyl (C=O) groups excluding carboxylic acids is 1. The fourth-order valence-corrected chi connectivity index (χ4v) is 2.48. The van der Waals surface area contributed by atoms with E-state index in [2.05, 4.69) is 42.4 Å². The second kappa shape index (κ2) is 8.25. The predicted molar refractivity (Wildman–Crippen MR) is 97.0 cm³/mol. The van der Waals surface area contributed by atoms with E-state index in [-0.39, 0.29) is 5.91 Å². The van der Waals surface area contributed by atoms with Gasteiger partial charge in [0.25, 0.3) is 0 Å². The fraction of sp³-hybridized carbons (Fsp3) is 0.176. The van der Waals surface area contributed by atoms with Crippen molar-refractivity contribution in [1.29, 1.82) is 0 Å². The van der Waals surface area contributed by atoms with E-state index in [0.717, 1.165) is 32.2 Å². The first-order chi connectivity index (χ1) is 10.6. The van der Waals surface area contributed by atoms with Crippen molar-refractivity contribution in [2.45, 2.75) is 19.8 Å². The topological polar surface area (TPSA) is 41.5 Å². The normalized spacial score (nSPS) is 11.3. The van der Waals surface area contributed by atoms with E-state index in [0.29, 0.717) is 6.42 Å². The number of halogens is 2. The Hall–Kier alpha value is -1.46. The van der Waals surface area contributed by atoms with Crippen molar-refractivity contribution in [2.24, 2.45) is 5.10 Å². The number of rotatable bonds is 5. The molecule has 114 valence electrons. The molecule has 2 aromatic rings. The Bertz CT molecular complexity index is 664. The Morgan fingerprint density at radius 3 is 2.09 bits per heavy atom. The zero-order chi connectivity index (χ0) is 15.9. The Balaban J connectivity index is 2.00. The number of nitrogens with zero attached hydrogens (tertiary/aromatic N) is 1. The molecule has 0 heterocycles. The summed E-state index contributed by atoms with van der Waals surface area (Å²) in [5, 5.41) is 4.25. The van der Waals surface area contributed by atoms with Gasteiger partial charge in [-0.15, -0.1) is 0 Å². The number of hydrogen-bond donors (Lipinski definition) is 1. The Morgan fingerprint density at radius 2 is 1.55 bits per heavy atom. The number of nitrogens with one attached hydrogen (secondary N) is 1. The van der Waals surface area contributed by atoms with Crippen LogP contribution in [0.25, 0.3) is 0 Å². The van der Waals surface area contributed by atoms with Crippen molar-refractivity contribution in [3.63, 3.8) is 0 Å². The lowest BCUT2D eigenvalue weighted by molar-refractivity contribution is -0.120. The first-order valence-electron chi connectivity index (χ1n) is 6.94. The van der Waals surface area contributed by atoms with E-state index in [9.17, 15) is 4.79 Å². The molecule has 22 heavy (non-hydrogen) atoms. The zero-order valence-corrected chi connectivity index (χ0v) is 15.3. The van der Waals surface area contributed by atoms with Gasteiger partial charge in [0.15, 0.2) is 0 Å². The third-order valence-electron chi connectivity index (χ3n) is 3.11. The molecule has 3 nitrogen and oxygen atoms in total. The van der Waals surface area contributed by atoms with Gasteiger partial charge in [-0.05, 0) is 41.8 Å². The van der Waals surface area contributed by atoms with Crippen LogP contribution in [0.15, 0.2) is 62.6 Å². The summed E-state index contributed by atoms with van der Waals surface area (Å²) >= 11 is 6.78. The van der Waals surface area contributed by atoms with E-state index >= 15 is 0 Å². The van der Waals surface area contributed by atoms with Crippen molar-refractivity contribution < 1.29 is 4.79 Å². The van der Waals surface area contributed by atoms with Crippen LogP contribution in [0.1, 0.15) is 24.5 Å². The summed E-state index contributed by atoms with van der Waals surface area (Å²) in [6, 6.07) is 15.6. The van der Waals surface area contributed by atoms with Crippen LogP contribution in [0.2, 0.25) is 0 Å². The average Bonchev–Trinajstić information content (AvgIpc) is 2.52. The molecule has 0 spiro atoms. The van der Waals surface area contributed by atoms with Crippen LogP contribution >= 0.6 is 31.9 Å². The molecule has 0 aliphatic rings. The first-order valence-corrected chi connectivity index (χ1v) is 8.53. The number of hydrazone groups is 1. The minimum absolute atomic E-state index is 0.120. The average molecular weight is 424 g/mol. The SMILES string of the molecule is CCC(=NNC(=O)Cc1ccc(Br)cc1)c1ccc(Br)cc1. The summed E-state index contributed by atoms with van der Waals surface area (Å²) in [6.07, 6.45) is 1.06. The van der Waals surface area contributed by atoms with E-state index in [1.165, 1.54) is 0 Å². The molecule has 0 saturated carbocycles. The molecular formula is C17H16Br2N2O. The maximum Gasteiger partial charge on any atom is 0.244 e. The molecule has 0 aliphatic carbocycles. The van der Waals surface area contributed by atoms with Gasteiger partial charge in [0, 0.05) is 8.95 Å². The molecule has 0 bridgehead atoms. The summed E-state index contributed by atoms with van der Waals surface area (Å²) in [5.41, 5.74) is 5.46. The van der Waals surface area contributed by atoms with Gasteiger partial charge in [0.2, 0.25) is 5.91 Å². The Morgan fingerprint density at radius 1 is 1.00 bits per heavy atom. The standard InChI is InChI=1S/C17H16Br2N2O/c1-2-16(13-5-9-15(19)10-6-13)20-21-17(22)11-12-3-7-14(18)8-4-12/h3-10H,2,11H2,1H3,(H,21,22). The highest BCUT2D eigenvalue weighted by atomic mass is 79.9. The third kappa shape index (κ3) is 5.07. The molecule has 1 amide bonds. The van der Waals surface area contributed by atoms with Crippen LogP contribution < -0.4 is 5.43 Å². The van der Waals surface area contributed by atoms with Gasteiger partial charge in [-0.25, -0.2) is 5.43 Å². The van der Waals surface area contributed by atoms with E-state index in [1.54, 1.807) is 0 Å². The van der Waals surface area contributed by atoms with Gasteiger partial charge < -0.3 is 0 Å². The summed E-state index contributed by atoms with van der Waals surface area (Å²) < 4.78 is 2.02. The maximum atomic E-state index is 12.0. The van der Waals surface area contributed by atoms with Gasteiger partial charge in [0.1, 0.15) is 0 Å². The molecule has 0 aliphatic heterocycles. The molecule has 0 fully saturated rings. The van der Waals surface area contributed by atoms with Crippen molar-refractivity contribution in [2.75, 3.05) is 0 Å². The molecular weight excluding hydrogens is 408 g/mol. The lowest BCUT2D eigenvalue weighted by atomic mass is 10.1. The van der Waals surface area contributed by atoms with Crippen LogP contribution in [0.3, 0.4) is 0 Å². The summed E-state index contributed by atoms with van der Waals surface area (Å²) in [5.74, 6) is -0.120. The van der Waals surface area contributed by atoms with Crippen LogP contribution in [0.4, 0.5) is 0 Å². The predicted octanol–water partition coefficient (Wildman–Crippen LogP) is 4.68. The molecule has 0 atom stereocenters. The lowest BCUT2D eigenvalue weighted by Gasteiger charge is -2.06. The fourth-order valence-electron chi connectivity index (χ4n) is 1.95. The molecule has 0 unspecified atom stereocenters. The van der Waals surface area contributed by atoms with E-state index in [4.69, 9.17) is 0 Å². The zero-order valence-electron chi connectivity index (χ0n) is 12.1. The monoisotopic (exact) mass is 422 g/mol. The summed E-state index contributed by atoms with van der Waals surface area (Å²) in [6.45, 7) is 2.02. The van der Waals surface area contributed by atoms with Crippen LogP contribution in [-0.4, -0.2) is 11.6 Å². The van der Waals surface area contributed by atoms with Gasteiger partial charge in [-0.2, -0.15) is 5.10 Å². The Kier molecular flexibility index (Phi) is 6.34. The first kappa shape index (κ1) is 16.9. The lowest BCUT2D eigenvalue weighted by Crippen LogP contribution is -2.21. The highest BCUT2D eigenvalue weighted by Crippen LogP contribution is 2.13. The van der Waals surface area contributed by atoms with Gasteiger partial charge in [0.05, 0.1) is 12.1 Å². The molecule has 0 aromatic heterocycles. The summed E-state index contributed by atoms with van der Waals surface area (Å²) in [7, 11) is 0. The largest absolute Gasteiger partial charge is 0.273 e. The molecule has 1 N–H and O–H groups in total. The van der Waals surface area contributed by atoms with E-state index < -0.39 is 0 Å². The molecule has 5 heteroatoms. The van der Waals surface area contributed by atoms with Crippen molar-refractivity contribution in [3.8, 4) is 0 Å². The number of benzene rings is 2. The van der Waals surface area contributed by atoms with Crippen LogP contribution in [0, 0.1) is 0 Å². The minimum Gasteiger partial charge on any atom is -0.273 e. The van der Waals surface area contributed by atoms with Crippen LogP contribution in [0.5, 0.6) is 0 Å². The molecule has 2 aromatic carbocycles. The van der Waals surface area contributed by atoms with E-state index in [1.807, 2.05) is 55.5 Å². The molecule has 0 saturated heterocycles. The quantitative estimate of drug-likeness (QED) is 0.550. The minimum atomic E-state index is -0.120. The van der Waals surface area contributed by atoms with Gasteiger partial charge in [-0.3, -0.25) is 4.79 Å². The number of hydrogen-bond acceptors (Lipinski definition) is 2. The molecule has 2 rings (SSSR count).